The Bertz CT molecular complexity index is 412. The van der Waals surface area contributed by atoms with Crippen molar-refractivity contribution in [3.63, 3.8) is 0 Å². The van der Waals surface area contributed by atoms with Gasteiger partial charge in [0.05, 0.1) is 19.2 Å². The monoisotopic (exact) mass is 191 g/mol. The zero-order valence-corrected chi connectivity index (χ0v) is 7.66. The fraction of sp³-hybridized carbons (Fsp3) is 0.200. The summed E-state index contributed by atoms with van der Waals surface area (Å²) in [5, 5.41) is 2.63. The van der Waals surface area contributed by atoms with Crippen molar-refractivity contribution in [2.45, 2.75) is 6.42 Å². The van der Waals surface area contributed by atoms with Crippen LogP contribution >= 0.6 is 0 Å². The van der Waals surface area contributed by atoms with Gasteiger partial charge in [-0.1, -0.05) is 0 Å². The van der Waals surface area contributed by atoms with E-state index in [1.165, 1.54) is 7.11 Å². The summed E-state index contributed by atoms with van der Waals surface area (Å²) in [6.45, 7) is 0. The predicted molar refractivity (Wildman–Crippen MR) is 50.6 cm³/mol. The summed E-state index contributed by atoms with van der Waals surface area (Å²) in [4.78, 5) is 22.5. The minimum absolute atomic E-state index is 0.0701. The number of ketones is 1. The summed E-state index contributed by atoms with van der Waals surface area (Å²) in [6.07, 6.45) is -0.0701. The second-order valence-corrected chi connectivity index (χ2v) is 3.06. The van der Waals surface area contributed by atoms with Crippen LogP contribution in [0.5, 0.6) is 5.75 Å². The number of hydrogen-bond donors (Lipinski definition) is 1. The number of nitrogens with one attached hydrogen (secondary N) is 1. The standard InChI is InChI=1S/C10H9NO3/c1-14-6-2-3-7-8(4-6)11-10(13)5-9(7)12/h2-4H,5H2,1H3,(H,11,13). The summed E-state index contributed by atoms with van der Waals surface area (Å²) in [5.41, 5.74) is 1.08. The number of carbonyl (C=O) groups excluding carboxylic acids is 2. The van der Waals surface area contributed by atoms with Crippen LogP contribution < -0.4 is 10.1 Å². The minimum Gasteiger partial charge on any atom is -0.497 e. The van der Waals surface area contributed by atoms with E-state index in [1.807, 2.05) is 0 Å². The van der Waals surface area contributed by atoms with Crippen LogP contribution in [0.15, 0.2) is 18.2 Å². The fourth-order valence-electron chi connectivity index (χ4n) is 1.43. The lowest BCUT2D eigenvalue weighted by Crippen LogP contribution is -2.23. The highest BCUT2D eigenvalue weighted by atomic mass is 16.5. The molecule has 0 aliphatic carbocycles. The smallest absolute Gasteiger partial charge is 0.232 e. The fourth-order valence-corrected chi connectivity index (χ4v) is 1.43. The van der Waals surface area contributed by atoms with Crippen molar-refractivity contribution in [3.8, 4) is 5.75 Å². The van der Waals surface area contributed by atoms with E-state index < -0.39 is 0 Å². The molecule has 4 heteroatoms. The Morgan fingerprint density at radius 3 is 2.86 bits per heavy atom. The van der Waals surface area contributed by atoms with Gasteiger partial charge in [-0.2, -0.15) is 0 Å². The van der Waals surface area contributed by atoms with Gasteiger partial charge in [-0.3, -0.25) is 9.59 Å². The van der Waals surface area contributed by atoms with E-state index in [1.54, 1.807) is 18.2 Å². The number of Topliss-reactive ketones (excluding diaryl/α,β-unsaturated/α-hetero) is 1. The van der Waals surface area contributed by atoms with Gasteiger partial charge < -0.3 is 10.1 Å². The van der Waals surface area contributed by atoms with Crippen molar-refractivity contribution in [1.82, 2.24) is 0 Å². The van der Waals surface area contributed by atoms with E-state index in [-0.39, 0.29) is 18.1 Å². The maximum absolute atomic E-state index is 11.4. The third-order valence-corrected chi connectivity index (χ3v) is 2.12. The van der Waals surface area contributed by atoms with Crippen LogP contribution in [0.4, 0.5) is 5.69 Å². The lowest BCUT2D eigenvalue weighted by Gasteiger charge is -2.16. The molecule has 0 radical (unpaired) electrons. The number of amides is 1. The molecule has 0 saturated heterocycles. The van der Waals surface area contributed by atoms with Crippen LogP contribution in [-0.2, 0) is 4.79 Å². The largest absolute Gasteiger partial charge is 0.497 e. The van der Waals surface area contributed by atoms with Crippen LogP contribution in [0, 0.1) is 0 Å². The maximum Gasteiger partial charge on any atom is 0.232 e. The van der Waals surface area contributed by atoms with E-state index in [4.69, 9.17) is 4.74 Å². The molecule has 1 amide bonds. The summed E-state index contributed by atoms with van der Waals surface area (Å²) < 4.78 is 4.99. The summed E-state index contributed by atoms with van der Waals surface area (Å²) >= 11 is 0. The van der Waals surface area contributed by atoms with E-state index in [0.29, 0.717) is 17.0 Å². The molecule has 0 bridgehead atoms. The average Bonchev–Trinajstić information content (AvgIpc) is 2.16. The van der Waals surface area contributed by atoms with Crippen LogP contribution in [-0.4, -0.2) is 18.8 Å². The molecule has 72 valence electrons. The molecule has 0 spiro atoms. The third-order valence-electron chi connectivity index (χ3n) is 2.12. The van der Waals surface area contributed by atoms with Gasteiger partial charge >= 0.3 is 0 Å². The predicted octanol–water partition coefficient (Wildman–Crippen LogP) is 1.22. The van der Waals surface area contributed by atoms with Crippen molar-refractivity contribution >= 4 is 17.4 Å². The molecule has 0 atom stereocenters. The summed E-state index contributed by atoms with van der Waals surface area (Å²) in [5.74, 6) is 0.209. The maximum atomic E-state index is 11.4. The highest BCUT2D eigenvalue weighted by Gasteiger charge is 2.22. The second kappa shape index (κ2) is 3.14. The Morgan fingerprint density at radius 1 is 1.36 bits per heavy atom. The van der Waals surface area contributed by atoms with Gasteiger partial charge in [0.25, 0.3) is 0 Å². The first-order valence-electron chi connectivity index (χ1n) is 4.22. The Morgan fingerprint density at radius 2 is 2.14 bits per heavy atom. The molecule has 1 N–H and O–H groups in total. The number of methoxy groups -OCH3 is 1. The van der Waals surface area contributed by atoms with E-state index in [2.05, 4.69) is 5.32 Å². The number of anilines is 1. The van der Waals surface area contributed by atoms with Crippen LogP contribution in [0.1, 0.15) is 16.8 Å². The van der Waals surface area contributed by atoms with Gasteiger partial charge in [-0.25, -0.2) is 0 Å². The van der Waals surface area contributed by atoms with Crippen molar-refractivity contribution in [2.75, 3.05) is 12.4 Å². The molecule has 4 nitrogen and oxygen atoms in total. The van der Waals surface area contributed by atoms with Gasteiger partial charge in [0.2, 0.25) is 5.91 Å². The van der Waals surface area contributed by atoms with E-state index in [9.17, 15) is 9.59 Å². The van der Waals surface area contributed by atoms with Gasteiger partial charge in [0.15, 0.2) is 5.78 Å². The van der Waals surface area contributed by atoms with Crippen LogP contribution in [0.3, 0.4) is 0 Å². The molecule has 1 aliphatic rings. The number of ether oxygens (including phenoxy) is 1. The number of hydrogen-bond acceptors (Lipinski definition) is 3. The Hall–Kier alpha value is -1.84. The molecule has 2 rings (SSSR count). The molecular weight excluding hydrogens is 182 g/mol. The first-order chi connectivity index (χ1) is 6.70. The molecule has 1 aliphatic heterocycles. The third kappa shape index (κ3) is 1.35. The molecular formula is C10H9NO3. The number of carbonyl (C=O) groups is 2. The highest BCUT2D eigenvalue weighted by molar-refractivity contribution is 6.18. The second-order valence-electron chi connectivity index (χ2n) is 3.06. The lowest BCUT2D eigenvalue weighted by atomic mass is 10.0. The highest BCUT2D eigenvalue weighted by Crippen LogP contribution is 2.26. The molecule has 1 aromatic carbocycles. The molecule has 14 heavy (non-hydrogen) atoms. The van der Waals surface area contributed by atoms with Crippen molar-refractivity contribution in [2.24, 2.45) is 0 Å². The van der Waals surface area contributed by atoms with Crippen LogP contribution in [0.25, 0.3) is 0 Å². The first-order valence-corrected chi connectivity index (χ1v) is 4.22. The Kier molecular flexibility index (Phi) is 1.96. The topological polar surface area (TPSA) is 55.4 Å². The van der Waals surface area contributed by atoms with Gasteiger partial charge in [-0.15, -0.1) is 0 Å². The van der Waals surface area contributed by atoms with E-state index in [0.717, 1.165) is 0 Å². The molecule has 1 heterocycles. The van der Waals surface area contributed by atoms with Crippen LogP contribution in [0.2, 0.25) is 0 Å². The van der Waals surface area contributed by atoms with Crippen molar-refractivity contribution in [3.05, 3.63) is 23.8 Å². The molecule has 0 aromatic heterocycles. The summed E-state index contributed by atoms with van der Waals surface area (Å²) in [7, 11) is 1.54. The quantitative estimate of drug-likeness (QED) is 0.679. The van der Waals surface area contributed by atoms with Gasteiger partial charge in [0, 0.05) is 11.6 Å². The Labute approximate surface area is 80.9 Å². The van der Waals surface area contributed by atoms with Crippen molar-refractivity contribution < 1.29 is 14.3 Å². The molecule has 0 fully saturated rings. The first kappa shape index (κ1) is 8.74. The summed E-state index contributed by atoms with van der Waals surface area (Å²) in [6, 6.07) is 5.01. The number of rotatable bonds is 1. The SMILES string of the molecule is COc1ccc2c(c1)NC(=O)CC2=O. The Balaban J connectivity index is 2.49. The van der Waals surface area contributed by atoms with Gasteiger partial charge in [-0.05, 0) is 12.1 Å². The normalized spacial score (nSPS) is 14.6. The van der Waals surface area contributed by atoms with Crippen molar-refractivity contribution in [1.29, 1.82) is 0 Å². The minimum atomic E-state index is -0.268. The number of fused-ring (bicyclic) bond motifs is 1. The van der Waals surface area contributed by atoms with E-state index >= 15 is 0 Å². The molecule has 1 aromatic rings. The van der Waals surface area contributed by atoms with Gasteiger partial charge in [0.1, 0.15) is 5.75 Å². The average molecular weight is 191 g/mol. The molecule has 0 unspecified atom stereocenters. The number of benzene rings is 1. The lowest BCUT2D eigenvalue weighted by molar-refractivity contribution is -0.115. The zero-order valence-electron chi connectivity index (χ0n) is 7.66. The zero-order chi connectivity index (χ0) is 10.1. The molecule has 0 saturated carbocycles.